The summed E-state index contributed by atoms with van der Waals surface area (Å²) in [5.41, 5.74) is 2.67. The molecular formula is C16H15ClN4S. The minimum atomic E-state index is 0.455. The lowest BCUT2D eigenvalue weighted by Crippen LogP contribution is -1.97. The second-order valence-electron chi connectivity index (χ2n) is 4.70. The minimum Gasteiger partial charge on any atom is -0.362 e. The molecule has 0 aliphatic rings. The molecule has 0 spiro atoms. The lowest BCUT2D eigenvalue weighted by atomic mass is 10.1. The zero-order valence-corrected chi connectivity index (χ0v) is 13.7. The number of thiazole rings is 1. The fourth-order valence-electron chi connectivity index (χ4n) is 2.09. The maximum atomic E-state index is 6.22. The highest BCUT2D eigenvalue weighted by Crippen LogP contribution is 2.36. The second kappa shape index (κ2) is 6.85. The van der Waals surface area contributed by atoms with Crippen molar-refractivity contribution < 1.29 is 0 Å². The summed E-state index contributed by atoms with van der Waals surface area (Å²) in [5, 5.41) is 4.68. The van der Waals surface area contributed by atoms with Gasteiger partial charge in [-0.3, -0.25) is 4.98 Å². The van der Waals surface area contributed by atoms with Gasteiger partial charge in [-0.15, -0.1) is 0 Å². The number of halogens is 1. The van der Waals surface area contributed by atoms with Gasteiger partial charge in [0, 0.05) is 36.3 Å². The largest absolute Gasteiger partial charge is 0.362 e. The highest BCUT2D eigenvalue weighted by Gasteiger charge is 2.14. The quantitative estimate of drug-likeness (QED) is 0.686. The molecule has 0 saturated carbocycles. The average molecular weight is 331 g/mol. The van der Waals surface area contributed by atoms with Crippen LogP contribution in [0.15, 0.2) is 42.9 Å². The molecule has 0 amide bonds. The Hall–Kier alpha value is -1.98. The summed E-state index contributed by atoms with van der Waals surface area (Å²) < 4.78 is 0. The van der Waals surface area contributed by atoms with Gasteiger partial charge in [-0.1, -0.05) is 29.9 Å². The van der Waals surface area contributed by atoms with Crippen molar-refractivity contribution in [3.63, 3.8) is 0 Å². The van der Waals surface area contributed by atoms with Gasteiger partial charge in [0.05, 0.1) is 10.6 Å². The van der Waals surface area contributed by atoms with Crippen molar-refractivity contribution >= 4 is 28.1 Å². The molecule has 112 valence electrons. The number of rotatable bonds is 5. The van der Waals surface area contributed by atoms with Crippen molar-refractivity contribution in [1.82, 2.24) is 15.0 Å². The Bertz CT molecular complexity index is 772. The smallest absolute Gasteiger partial charge is 0.183 e. The number of nitrogens with one attached hydrogen (secondary N) is 1. The average Bonchev–Trinajstić information content (AvgIpc) is 3.02. The second-order valence-corrected chi connectivity index (χ2v) is 6.09. The molecule has 4 nitrogen and oxygen atoms in total. The van der Waals surface area contributed by atoms with Gasteiger partial charge in [0.25, 0.3) is 0 Å². The number of hydrogen-bond acceptors (Lipinski definition) is 5. The van der Waals surface area contributed by atoms with Crippen LogP contribution in [0.25, 0.3) is 21.7 Å². The van der Waals surface area contributed by atoms with Crippen LogP contribution in [0.3, 0.4) is 0 Å². The van der Waals surface area contributed by atoms with E-state index in [0.717, 1.165) is 39.8 Å². The first-order valence-corrected chi connectivity index (χ1v) is 8.25. The molecule has 0 aliphatic heterocycles. The van der Waals surface area contributed by atoms with E-state index in [1.165, 1.54) is 0 Å². The van der Waals surface area contributed by atoms with E-state index in [2.05, 4.69) is 27.2 Å². The summed E-state index contributed by atoms with van der Waals surface area (Å²) in [7, 11) is 0. The monoisotopic (exact) mass is 330 g/mol. The summed E-state index contributed by atoms with van der Waals surface area (Å²) in [6.45, 7) is 3.05. The van der Waals surface area contributed by atoms with E-state index >= 15 is 0 Å². The van der Waals surface area contributed by atoms with E-state index in [4.69, 9.17) is 11.6 Å². The summed E-state index contributed by atoms with van der Waals surface area (Å²) in [6, 6.07) is 7.74. The van der Waals surface area contributed by atoms with Crippen molar-refractivity contribution in [3.8, 4) is 21.7 Å². The lowest BCUT2D eigenvalue weighted by molar-refractivity contribution is 0.976. The van der Waals surface area contributed by atoms with Crippen LogP contribution in [0.1, 0.15) is 13.3 Å². The Kier molecular flexibility index (Phi) is 4.65. The minimum absolute atomic E-state index is 0.455. The number of hydrogen-bond donors (Lipinski definition) is 1. The molecule has 3 aromatic rings. The number of nitrogens with zero attached hydrogens (tertiary/aromatic N) is 3. The van der Waals surface area contributed by atoms with Gasteiger partial charge in [0.15, 0.2) is 5.13 Å². The molecular weight excluding hydrogens is 316 g/mol. The zero-order valence-electron chi connectivity index (χ0n) is 12.1. The molecule has 0 unspecified atom stereocenters. The summed E-state index contributed by atoms with van der Waals surface area (Å²) in [6.07, 6.45) is 6.37. The molecule has 6 heteroatoms. The Morgan fingerprint density at radius 2 is 1.86 bits per heavy atom. The maximum absolute atomic E-state index is 6.22. The van der Waals surface area contributed by atoms with Gasteiger partial charge < -0.3 is 5.32 Å². The predicted octanol–water partition coefficient (Wildman–Crippen LogP) is 4.74. The SMILES string of the molecule is CCCNc1ncc(-c2cccnc2-c2cccnc2Cl)s1. The molecule has 0 fully saturated rings. The fraction of sp³-hybridized carbons (Fsp3) is 0.188. The van der Waals surface area contributed by atoms with Crippen molar-refractivity contribution in [2.24, 2.45) is 0 Å². The molecule has 3 aromatic heterocycles. The van der Waals surface area contributed by atoms with Crippen LogP contribution >= 0.6 is 22.9 Å². The Morgan fingerprint density at radius 3 is 2.64 bits per heavy atom. The first kappa shape index (κ1) is 14.9. The molecule has 0 saturated heterocycles. The summed E-state index contributed by atoms with van der Waals surface area (Å²) in [4.78, 5) is 14.1. The molecule has 22 heavy (non-hydrogen) atoms. The van der Waals surface area contributed by atoms with Crippen LogP contribution in [-0.2, 0) is 0 Å². The van der Waals surface area contributed by atoms with Crippen LogP contribution in [0.4, 0.5) is 5.13 Å². The third kappa shape index (κ3) is 3.10. The van der Waals surface area contributed by atoms with Crippen LogP contribution in [0.5, 0.6) is 0 Å². The molecule has 3 heterocycles. The molecule has 1 N–H and O–H groups in total. The van der Waals surface area contributed by atoms with Gasteiger partial charge in [-0.2, -0.15) is 0 Å². The van der Waals surface area contributed by atoms with Crippen molar-refractivity contribution in [2.75, 3.05) is 11.9 Å². The molecule has 3 rings (SSSR count). The van der Waals surface area contributed by atoms with Crippen molar-refractivity contribution in [3.05, 3.63) is 48.0 Å². The number of pyridine rings is 2. The zero-order chi connectivity index (χ0) is 15.4. The third-order valence-corrected chi connectivity index (χ3v) is 4.41. The third-order valence-electron chi connectivity index (χ3n) is 3.12. The summed E-state index contributed by atoms with van der Waals surface area (Å²) in [5.74, 6) is 0. The summed E-state index contributed by atoms with van der Waals surface area (Å²) >= 11 is 7.83. The van der Waals surface area contributed by atoms with E-state index < -0.39 is 0 Å². The van der Waals surface area contributed by atoms with Crippen LogP contribution < -0.4 is 5.32 Å². The first-order chi connectivity index (χ1) is 10.8. The highest BCUT2D eigenvalue weighted by atomic mass is 35.5. The molecule has 0 aliphatic carbocycles. The topological polar surface area (TPSA) is 50.7 Å². The predicted molar refractivity (Wildman–Crippen MR) is 92.4 cm³/mol. The van der Waals surface area contributed by atoms with E-state index in [1.807, 2.05) is 30.5 Å². The van der Waals surface area contributed by atoms with Crippen molar-refractivity contribution in [1.29, 1.82) is 0 Å². The van der Waals surface area contributed by atoms with E-state index in [-0.39, 0.29) is 0 Å². The van der Waals surface area contributed by atoms with Crippen LogP contribution in [-0.4, -0.2) is 21.5 Å². The van der Waals surface area contributed by atoms with Gasteiger partial charge >= 0.3 is 0 Å². The van der Waals surface area contributed by atoms with Crippen LogP contribution in [0.2, 0.25) is 5.15 Å². The van der Waals surface area contributed by atoms with E-state index in [1.54, 1.807) is 23.7 Å². The van der Waals surface area contributed by atoms with E-state index in [0.29, 0.717) is 5.15 Å². The Morgan fingerprint density at radius 1 is 1.09 bits per heavy atom. The van der Waals surface area contributed by atoms with Crippen molar-refractivity contribution in [2.45, 2.75) is 13.3 Å². The fourth-order valence-corrected chi connectivity index (χ4v) is 3.17. The van der Waals surface area contributed by atoms with Crippen LogP contribution in [0, 0.1) is 0 Å². The van der Waals surface area contributed by atoms with Gasteiger partial charge in [-0.25, -0.2) is 9.97 Å². The van der Waals surface area contributed by atoms with E-state index in [9.17, 15) is 0 Å². The highest BCUT2D eigenvalue weighted by molar-refractivity contribution is 7.18. The molecule has 0 aromatic carbocycles. The lowest BCUT2D eigenvalue weighted by Gasteiger charge is -2.07. The Balaban J connectivity index is 2.02. The van der Waals surface area contributed by atoms with Gasteiger partial charge in [-0.05, 0) is 30.7 Å². The standard InChI is InChI=1S/C16H15ClN4S/c1-2-7-20-16-21-10-13(22-16)11-5-3-8-18-14(11)12-6-4-9-19-15(12)17/h3-6,8-10H,2,7H2,1H3,(H,20,21). The molecule has 0 radical (unpaired) electrons. The number of aromatic nitrogens is 3. The Labute approximate surface area is 138 Å². The van der Waals surface area contributed by atoms with Gasteiger partial charge in [0.2, 0.25) is 0 Å². The number of anilines is 1. The van der Waals surface area contributed by atoms with Gasteiger partial charge in [0.1, 0.15) is 5.15 Å². The first-order valence-electron chi connectivity index (χ1n) is 7.05. The maximum Gasteiger partial charge on any atom is 0.183 e. The normalized spacial score (nSPS) is 10.6. The molecule has 0 bridgehead atoms. The molecule has 0 atom stereocenters.